The molecule has 128 valence electrons. The van der Waals surface area contributed by atoms with Crippen LogP contribution in [0.4, 0.5) is 14.9 Å². The molecule has 0 heterocycles. The van der Waals surface area contributed by atoms with Crippen LogP contribution in [0.5, 0.6) is 0 Å². The molecule has 0 aliphatic carbocycles. The van der Waals surface area contributed by atoms with E-state index in [9.17, 15) is 14.0 Å². The molecule has 0 saturated carbocycles. The third-order valence-electron chi connectivity index (χ3n) is 3.07. The maximum absolute atomic E-state index is 13.1. The third-order valence-corrected chi connectivity index (χ3v) is 3.07. The number of halogens is 1. The van der Waals surface area contributed by atoms with Gasteiger partial charge in [-0.05, 0) is 57.4 Å². The van der Waals surface area contributed by atoms with Crippen LogP contribution in [0.2, 0.25) is 0 Å². The standard InChI is InChI=1S/C17H25FN2O3/c1-10(2)14(20-16(22)23-17(4,5)6)15(21)19-13-8-7-12(18)9-11(13)3/h7-10,14H,1-6H3,(H,19,21)(H,20,22). The lowest BCUT2D eigenvalue weighted by Crippen LogP contribution is -2.48. The Bertz CT molecular complexity index is 580. The summed E-state index contributed by atoms with van der Waals surface area (Å²) in [5.74, 6) is -0.878. The zero-order valence-electron chi connectivity index (χ0n) is 14.5. The average Bonchev–Trinajstić information content (AvgIpc) is 2.36. The Hall–Kier alpha value is -2.11. The quantitative estimate of drug-likeness (QED) is 0.889. The molecule has 0 aliphatic heterocycles. The molecule has 2 N–H and O–H groups in total. The third kappa shape index (κ3) is 6.26. The fourth-order valence-electron chi connectivity index (χ4n) is 1.95. The highest BCUT2D eigenvalue weighted by atomic mass is 19.1. The number of aryl methyl sites for hydroxylation is 1. The van der Waals surface area contributed by atoms with Gasteiger partial charge in [0.25, 0.3) is 0 Å². The average molecular weight is 324 g/mol. The monoisotopic (exact) mass is 324 g/mol. The first-order valence-corrected chi connectivity index (χ1v) is 7.56. The maximum Gasteiger partial charge on any atom is 0.408 e. The normalized spacial score (nSPS) is 12.7. The second-order valence-electron chi connectivity index (χ2n) is 6.82. The first-order valence-electron chi connectivity index (χ1n) is 7.56. The van der Waals surface area contributed by atoms with Crippen LogP contribution in [0, 0.1) is 18.7 Å². The lowest BCUT2D eigenvalue weighted by Gasteiger charge is -2.25. The second-order valence-corrected chi connectivity index (χ2v) is 6.82. The summed E-state index contributed by atoms with van der Waals surface area (Å²) < 4.78 is 18.3. The van der Waals surface area contributed by atoms with Crippen molar-refractivity contribution >= 4 is 17.7 Å². The molecule has 5 nitrogen and oxygen atoms in total. The molecule has 1 rings (SSSR count). The van der Waals surface area contributed by atoms with Gasteiger partial charge in [-0.3, -0.25) is 4.79 Å². The van der Waals surface area contributed by atoms with E-state index in [0.29, 0.717) is 11.3 Å². The minimum absolute atomic E-state index is 0.136. The molecule has 2 amide bonds. The molecule has 23 heavy (non-hydrogen) atoms. The fraction of sp³-hybridized carbons (Fsp3) is 0.529. The Kier molecular flexibility index (Phi) is 6.12. The predicted molar refractivity (Wildman–Crippen MR) is 87.8 cm³/mol. The van der Waals surface area contributed by atoms with Crippen molar-refractivity contribution in [2.24, 2.45) is 5.92 Å². The number of carbonyl (C=O) groups is 2. The van der Waals surface area contributed by atoms with Gasteiger partial charge in [0.1, 0.15) is 17.5 Å². The first kappa shape index (κ1) is 18.9. The topological polar surface area (TPSA) is 67.4 Å². The second kappa shape index (κ2) is 7.44. The molecular formula is C17H25FN2O3. The molecule has 1 aromatic carbocycles. The summed E-state index contributed by atoms with van der Waals surface area (Å²) in [6, 6.07) is 3.34. The van der Waals surface area contributed by atoms with Crippen LogP contribution in [-0.2, 0) is 9.53 Å². The van der Waals surface area contributed by atoms with E-state index in [4.69, 9.17) is 4.74 Å². The van der Waals surface area contributed by atoms with Crippen LogP contribution < -0.4 is 10.6 Å². The Morgan fingerprint density at radius 3 is 2.30 bits per heavy atom. The SMILES string of the molecule is Cc1cc(F)ccc1NC(=O)C(NC(=O)OC(C)(C)C)C(C)C. The zero-order chi connectivity index (χ0) is 17.8. The van der Waals surface area contributed by atoms with E-state index < -0.39 is 17.7 Å². The van der Waals surface area contributed by atoms with E-state index in [-0.39, 0.29) is 17.6 Å². The summed E-state index contributed by atoms with van der Waals surface area (Å²) in [6.45, 7) is 10.6. The molecule has 0 bridgehead atoms. The highest BCUT2D eigenvalue weighted by Crippen LogP contribution is 2.17. The highest BCUT2D eigenvalue weighted by Gasteiger charge is 2.27. The number of rotatable bonds is 4. The van der Waals surface area contributed by atoms with E-state index in [1.807, 2.05) is 13.8 Å². The van der Waals surface area contributed by atoms with Gasteiger partial charge in [-0.15, -0.1) is 0 Å². The van der Waals surface area contributed by atoms with Crippen LogP contribution in [0.15, 0.2) is 18.2 Å². The Morgan fingerprint density at radius 1 is 1.22 bits per heavy atom. The summed E-state index contributed by atoms with van der Waals surface area (Å²) in [5, 5.41) is 5.29. The van der Waals surface area contributed by atoms with Gasteiger partial charge in [-0.25, -0.2) is 9.18 Å². The molecule has 0 aromatic heterocycles. The van der Waals surface area contributed by atoms with Crippen molar-refractivity contribution in [3.05, 3.63) is 29.6 Å². The molecule has 1 aromatic rings. The first-order chi connectivity index (χ1) is 10.5. The number of amides is 2. The predicted octanol–water partition coefficient (Wildman–Crippen LogP) is 3.62. The summed E-state index contributed by atoms with van der Waals surface area (Å²) in [5.41, 5.74) is 0.474. The Balaban J connectivity index is 2.81. The van der Waals surface area contributed by atoms with Gasteiger partial charge in [0.05, 0.1) is 0 Å². The van der Waals surface area contributed by atoms with Crippen LogP contribution in [-0.4, -0.2) is 23.6 Å². The summed E-state index contributed by atoms with van der Waals surface area (Å²) in [4.78, 5) is 24.3. The lowest BCUT2D eigenvalue weighted by molar-refractivity contribution is -0.119. The molecule has 0 radical (unpaired) electrons. The number of nitrogens with one attached hydrogen (secondary N) is 2. The van der Waals surface area contributed by atoms with Crippen molar-refractivity contribution in [1.82, 2.24) is 5.32 Å². The summed E-state index contributed by atoms with van der Waals surface area (Å²) >= 11 is 0. The van der Waals surface area contributed by atoms with Crippen molar-refractivity contribution in [3.8, 4) is 0 Å². The van der Waals surface area contributed by atoms with Crippen LogP contribution in [0.25, 0.3) is 0 Å². The van der Waals surface area contributed by atoms with Crippen molar-refractivity contribution in [2.45, 2.75) is 53.2 Å². The minimum Gasteiger partial charge on any atom is -0.444 e. The van der Waals surface area contributed by atoms with Crippen molar-refractivity contribution in [3.63, 3.8) is 0 Å². The van der Waals surface area contributed by atoms with Crippen molar-refractivity contribution in [1.29, 1.82) is 0 Å². The molecular weight excluding hydrogens is 299 g/mol. The van der Waals surface area contributed by atoms with E-state index in [0.717, 1.165) is 0 Å². The Morgan fingerprint density at radius 2 is 1.83 bits per heavy atom. The van der Waals surface area contributed by atoms with Gasteiger partial charge in [0.2, 0.25) is 5.91 Å². The fourth-order valence-corrected chi connectivity index (χ4v) is 1.95. The number of hydrogen-bond donors (Lipinski definition) is 2. The van der Waals surface area contributed by atoms with Crippen LogP contribution >= 0.6 is 0 Å². The lowest BCUT2D eigenvalue weighted by atomic mass is 10.0. The Labute approximate surface area is 136 Å². The maximum atomic E-state index is 13.1. The molecule has 1 atom stereocenters. The van der Waals surface area contributed by atoms with Gasteiger partial charge in [-0.2, -0.15) is 0 Å². The van der Waals surface area contributed by atoms with E-state index >= 15 is 0 Å². The molecule has 6 heteroatoms. The van der Waals surface area contributed by atoms with E-state index in [1.165, 1.54) is 18.2 Å². The summed E-state index contributed by atoms with van der Waals surface area (Å²) in [7, 11) is 0. The molecule has 0 spiro atoms. The molecule has 0 fully saturated rings. The van der Waals surface area contributed by atoms with E-state index in [2.05, 4.69) is 10.6 Å². The van der Waals surface area contributed by atoms with Crippen LogP contribution in [0.1, 0.15) is 40.2 Å². The molecule has 0 aliphatic rings. The zero-order valence-corrected chi connectivity index (χ0v) is 14.5. The largest absolute Gasteiger partial charge is 0.444 e. The van der Waals surface area contributed by atoms with Gasteiger partial charge in [0, 0.05) is 5.69 Å². The van der Waals surface area contributed by atoms with Crippen molar-refractivity contribution < 1.29 is 18.7 Å². The highest BCUT2D eigenvalue weighted by molar-refractivity contribution is 5.97. The molecule has 0 saturated heterocycles. The number of carbonyl (C=O) groups excluding carboxylic acids is 2. The summed E-state index contributed by atoms with van der Waals surface area (Å²) in [6.07, 6.45) is -0.651. The number of hydrogen-bond acceptors (Lipinski definition) is 3. The molecule has 1 unspecified atom stereocenters. The van der Waals surface area contributed by atoms with Crippen molar-refractivity contribution in [2.75, 3.05) is 5.32 Å². The van der Waals surface area contributed by atoms with Gasteiger partial charge in [-0.1, -0.05) is 13.8 Å². The minimum atomic E-state index is -0.755. The van der Waals surface area contributed by atoms with Gasteiger partial charge in [0.15, 0.2) is 0 Å². The van der Waals surface area contributed by atoms with Crippen LogP contribution in [0.3, 0.4) is 0 Å². The number of anilines is 1. The smallest absolute Gasteiger partial charge is 0.408 e. The van der Waals surface area contributed by atoms with Gasteiger partial charge >= 0.3 is 6.09 Å². The number of alkyl carbamates (subject to hydrolysis) is 1. The number of benzene rings is 1. The van der Waals surface area contributed by atoms with E-state index in [1.54, 1.807) is 27.7 Å². The number of ether oxygens (including phenoxy) is 1. The van der Waals surface area contributed by atoms with Gasteiger partial charge < -0.3 is 15.4 Å².